The SMILES string of the molecule is O=C(Nc1cccc(-c2ccc(F)cc2)c1)[C@@H]1CCCN(C(=O)C2CCC2)C1. The Kier molecular flexibility index (Phi) is 5.42. The van der Waals surface area contributed by atoms with Crippen molar-refractivity contribution >= 4 is 17.5 Å². The highest BCUT2D eigenvalue weighted by Gasteiger charge is 2.34. The minimum atomic E-state index is -0.272. The number of hydrogen-bond donors (Lipinski definition) is 1. The lowest BCUT2D eigenvalue weighted by molar-refractivity contribution is -0.141. The largest absolute Gasteiger partial charge is 0.342 e. The predicted molar refractivity (Wildman–Crippen MR) is 107 cm³/mol. The van der Waals surface area contributed by atoms with Crippen LogP contribution in [0.4, 0.5) is 10.1 Å². The zero-order valence-corrected chi connectivity index (χ0v) is 15.9. The number of amides is 2. The molecule has 1 aliphatic carbocycles. The Hall–Kier alpha value is -2.69. The number of anilines is 1. The molecule has 2 amide bonds. The zero-order chi connectivity index (χ0) is 19.5. The van der Waals surface area contributed by atoms with Gasteiger partial charge in [0.2, 0.25) is 11.8 Å². The van der Waals surface area contributed by atoms with Gasteiger partial charge in [0.05, 0.1) is 5.92 Å². The van der Waals surface area contributed by atoms with Crippen molar-refractivity contribution in [1.82, 2.24) is 4.90 Å². The molecule has 4 rings (SSSR count). The number of likely N-dealkylation sites (tertiary alicyclic amines) is 1. The maximum Gasteiger partial charge on any atom is 0.229 e. The molecule has 0 unspecified atom stereocenters. The van der Waals surface area contributed by atoms with Gasteiger partial charge >= 0.3 is 0 Å². The van der Waals surface area contributed by atoms with E-state index in [1.54, 1.807) is 12.1 Å². The average molecular weight is 380 g/mol. The van der Waals surface area contributed by atoms with E-state index in [0.717, 1.165) is 49.8 Å². The number of benzene rings is 2. The van der Waals surface area contributed by atoms with E-state index < -0.39 is 0 Å². The Balaban J connectivity index is 1.41. The van der Waals surface area contributed by atoms with Crippen molar-refractivity contribution in [3.05, 3.63) is 54.3 Å². The smallest absolute Gasteiger partial charge is 0.229 e. The van der Waals surface area contributed by atoms with Gasteiger partial charge in [0.15, 0.2) is 0 Å². The molecular weight excluding hydrogens is 355 g/mol. The Morgan fingerprint density at radius 2 is 1.68 bits per heavy atom. The summed E-state index contributed by atoms with van der Waals surface area (Å²) >= 11 is 0. The summed E-state index contributed by atoms with van der Waals surface area (Å²) in [6.45, 7) is 1.28. The minimum Gasteiger partial charge on any atom is -0.342 e. The second kappa shape index (κ2) is 8.13. The highest BCUT2D eigenvalue weighted by molar-refractivity contribution is 5.94. The van der Waals surface area contributed by atoms with Gasteiger partial charge in [-0.25, -0.2) is 4.39 Å². The third-order valence-corrected chi connectivity index (χ3v) is 5.87. The third-order valence-electron chi connectivity index (χ3n) is 5.87. The molecule has 5 heteroatoms. The van der Waals surface area contributed by atoms with E-state index in [1.807, 2.05) is 29.2 Å². The highest BCUT2D eigenvalue weighted by Crippen LogP contribution is 2.30. The summed E-state index contributed by atoms with van der Waals surface area (Å²) in [5.74, 6) is -0.0858. The lowest BCUT2D eigenvalue weighted by Crippen LogP contribution is -2.47. The van der Waals surface area contributed by atoms with Crippen LogP contribution in [0.2, 0.25) is 0 Å². The van der Waals surface area contributed by atoms with Crippen molar-refractivity contribution in [3.63, 3.8) is 0 Å². The van der Waals surface area contributed by atoms with Crippen molar-refractivity contribution in [2.45, 2.75) is 32.1 Å². The van der Waals surface area contributed by atoms with Crippen LogP contribution >= 0.6 is 0 Å². The number of nitrogens with zero attached hydrogens (tertiary/aromatic N) is 1. The second-order valence-corrected chi connectivity index (χ2v) is 7.83. The van der Waals surface area contributed by atoms with Crippen LogP contribution in [0.15, 0.2) is 48.5 Å². The molecule has 4 nitrogen and oxygen atoms in total. The van der Waals surface area contributed by atoms with Crippen LogP contribution in [-0.4, -0.2) is 29.8 Å². The first kappa shape index (κ1) is 18.7. The fourth-order valence-corrected chi connectivity index (χ4v) is 3.97. The molecule has 2 aliphatic rings. The lowest BCUT2D eigenvalue weighted by atomic mass is 9.83. The van der Waals surface area contributed by atoms with Crippen LogP contribution in [0.5, 0.6) is 0 Å². The molecular formula is C23H25FN2O2. The summed E-state index contributed by atoms with van der Waals surface area (Å²) in [5, 5.41) is 3.00. The quantitative estimate of drug-likeness (QED) is 0.851. The van der Waals surface area contributed by atoms with Crippen LogP contribution in [0.25, 0.3) is 11.1 Å². The van der Waals surface area contributed by atoms with E-state index in [2.05, 4.69) is 5.32 Å². The topological polar surface area (TPSA) is 49.4 Å². The fraction of sp³-hybridized carbons (Fsp3) is 0.391. The fourth-order valence-electron chi connectivity index (χ4n) is 3.97. The van der Waals surface area contributed by atoms with E-state index in [0.29, 0.717) is 12.2 Å². The van der Waals surface area contributed by atoms with E-state index in [1.165, 1.54) is 12.1 Å². The molecule has 1 aliphatic heterocycles. The van der Waals surface area contributed by atoms with Crippen molar-refractivity contribution < 1.29 is 14.0 Å². The Morgan fingerprint density at radius 1 is 0.929 bits per heavy atom. The molecule has 1 heterocycles. The number of piperidine rings is 1. The van der Waals surface area contributed by atoms with E-state index in [-0.39, 0.29) is 29.5 Å². The molecule has 2 aromatic carbocycles. The van der Waals surface area contributed by atoms with Crippen molar-refractivity contribution in [1.29, 1.82) is 0 Å². The summed E-state index contributed by atoms with van der Waals surface area (Å²) in [6.07, 6.45) is 4.79. The number of nitrogens with one attached hydrogen (secondary N) is 1. The van der Waals surface area contributed by atoms with Gasteiger partial charge in [0.25, 0.3) is 0 Å². The molecule has 0 aromatic heterocycles. The molecule has 1 saturated carbocycles. The molecule has 2 fully saturated rings. The van der Waals surface area contributed by atoms with E-state index >= 15 is 0 Å². The van der Waals surface area contributed by atoms with Gasteiger partial charge < -0.3 is 10.2 Å². The predicted octanol–water partition coefficient (Wildman–Crippen LogP) is 4.47. The number of halogens is 1. The Labute approximate surface area is 164 Å². The van der Waals surface area contributed by atoms with Gasteiger partial charge in [-0.15, -0.1) is 0 Å². The van der Waals surface area contributed by atoms with Crippen LogP contribution in [0.3, 0.4) is 0 Å². The summed E-state index contributed by atoms with van der Waals surface area (Å²) in [4.78, 5) is 27.2. The van der Waals surface area contributed by atoms with Crippen LogP contribution in [0.1, 0.15) is 32.1 Å². The molecule has 1 N–H and O–H groups in total. The summed E-state index contributed by atoms with van der Waals surface area (Å²) in [5.41, 5.74) is 2.53. The number of rotatable bonds is 4. The normalized spacial score (nSPS) is 19.8. The highest BCUT2D eigenvalue weighted by atomic mass is 19.1. The Bertz CT molecular complexity index is 861. The number of carbonyl (C=O) groups is 2. The molecule has 146 valence electrons. The van der Waals surface area contributed by atoms with E-state index in [9.17, 15) is 14.0 Å². The van der Waals surface area contributed by atoms with Crippen LogP contribution in [0, 0.1) is 17.7 Å². The van der Waals surface area contributed by atoms with Gasteiger partial charge in [0.1, 0.15) is 5.82 Å². The molecule has 2 aromatic rings. The maximum absolute atomic E-state index is 13.1. The Morgan fingerprint density at radius 3 is 2.39 bits per heavy atom. The second-order valence-electron chi connectivity index (χ2n) is 7.83. The zero-order valence-electron chi connectivity index (χ0n) is 15.9. The van der Waals surface area contributed by atoms with E-state index in [4.69, 9.17) is 0 Å². The average Bonchev–Trinajstić information content (AvgIpc) is 2.67. The monoisotopic (exact) mass is 380 g/mol. The molecule has 28 heavy (non-hydrogen) atoms. The molecule has 0 spiro atoms. The first-order chi connectivity index (χ1) is 13.6. The standard InChI is InChI=1S/C23H25FN2O2/c24-20-11-9-16(10-12-20)18-6-2-8-21(14-18)25-22(27)19-7-3-13-26(15-19)23(28)17-4-1-5-17/h2,6,8-12,14,17,19H,1,3-5,7,13,15H2,(H,25,27)/t19-/m1/s1. The van der Waals surface area contributed by atoms with Crippen LogP contribution < -0.4 is 5.32 Å². The third kappa shape index (κ3) is 4.08. The van der Waals surface area contributed by atoms with Crippen molar-refractivity contribution in [3.8, 4) is 11.1 Å². The molecule has 1 saturated heterocycles. The van der Waals surface area contributed by atoms with Gasteiger partial charge in [-0.1, -0.05) is 30.7 Å². The first-order valence-corrected chi connectivity index (χ1v) is 10.1. The van der Waals surface area contributed by atoms with Crippen LogP contribution in [-0.2, 0) is 9.59 Å². The summed E-state index contributed by atoms with van der Waals surface area (Å²) in [6, 6.07) is 13.9. The minimum absolute atomic E-state index is 0.0395. The molecule has 0 radical (unpaired) electrons. The number of carbonyl (C=O) groups excluding carboxylic acids is 2. The maximum atomic E-state index is 13.1. The number of hydrogen-bond acceptors (Lipinski definition) is 2. The van der Waals surface area contributed by atoms with Gasteiger partial charge in [-0.2, -0.15) is 0 Å². The lowest BCUT2D eigenvalue weighted by Gasteiger charge is -2.36. The van der Waals surface area contributed by atoms with Gasteiger partial charge in [-0.05, 0) is 61.1 Å². The van der Waals surface area contributed by atoms with Crippen molar-refractivity contribution in [2.24, 2.45) is 11.8 Å². The van der Waals surface area contributed by atoms with Crippen molar-refractivity contribution in [2.75, 3.05) is 18.4 Å². The molecule has 0 bridgehead atoms. The van der Waals surface area contributed by atoms with Gasteiger partial charge in [0, 0.05) is 24.7 Å². The summed E-state index contributed by atoms with van der Waals surface area (Å²) < 4.78 is 13.1. The summed E-state index contributed by atoms with van der Waals surface area (Å²) in [7, 11) is 0. The first-order valence-electron chi connectivity index (χ1n) is 10.1. The van der Waals surface area contributed by atoms with Gasteiger partial charge in [-0.3, -0.25) is 9.59 Å². The molecule has 1 atom stereocenters.